The van der Waals surface area contributed by atoms with Gasteiger partial charge in [-0.05, 0) is 41.5 Å². The van der Waals surface area contributed by atoms with Crippen LogP contribution in [0.2, 0.25) is 0 Å². The third kappa shape index (κ3) is 5.11. The van der Waals surface area contributed by atoms with Crippen LogP contribution in [-0.4, -0.2) is 26.1 Å². The molecule has 0 unspecified atom stereocenters. The lowest BCUT2D eigenvalue weighted by molar-refractivity contribution is 0.0602. The first-order valence-electron chi connectivity index (χ1n) is 9.01. The van der Waals surface area contributed by atoms with Crippen molar-refractivity contribution in [2.75, 3.05) is 19.5 Å². The van der Waals surface area contributed by atoms with Crippen LogP contribution in [0.1, 0.15) is 31.8 Å². The number of carbonyl (C=O) groups is 2. The summed E-state index contributed by atoms with van der Waals surface area (Å²) in [5, 5.41) is 2.77. The summed E-state index contributed by atoms with van der Waals surface area (Å²) in [6.07, 6.45) is 3.85. The van der Waals surface area contributed by atoms with E-state index in [0.717, 1.165) is 11.1 Å². The second kappa shape index (κ2) is 9.37. The molecule has 5 heteroatoms. The average molecular weight is 387 g/mol. The Morgan fingerprint density at radius 1 is 0.828 bits per heavy atom. The first kappa shape index (κ1) is 19.9. The Bertz CT molecular complexity index is 1040. The third-order valence-corrected chi connectivity index (χ3v) is 4.30. The van der Waals surface area contributed by atoms with Crippen LogP contribution in [0.5, 0.6) is 5.75 Å². The number of amides is 1. The molecule has 3 rings (SSSR count). The van der Waals surface area contributed by atoms with E-state index >= 15 is 0 Å². The molecule has 1 amide bonds. The Labute approximate surface area is 169 Å². The predicted molar refractivity (Wildman–Crippen MR) is 114 cm³/mol. The van der Waals surface area contributed by atoms with Crippen molar-refractivity contribution >= 4 is 29.7 Å². The van der Waals surface area contributed by atoms with Crippen molar-refractivity contribution in [2.45, 2.75) is 0 Å². The van der Waals surface area contributed by atoms with Crippen LogP contribution in [0, 0.1) is 0 Å². The van der Waals surface area contributed by atoms with E-state index in [9.17, 15) is 9.59 Å². The molecule has 0 atom stereocenters. The first-order valence-corrected chi connectivity index (χ1v) is 9.01. The van der Waals surface area contributed by atoms with Crippen molar-refractivity contribution < 1.29 is 19.1 Å². The minimum absolute atomic E-state index is 0.277. The van der Waals surface area contributed by atoms with Gasteiger partial charge in [-0.3, -0.25) is 4.79 Å². The fraction of sp³-hybridized carbons (Fsp3) is 0.0833. The number of rotatable bonds is 6. The standard InChI is InChI=1S/C24H21NO4/c1-28-20-10-6-9-19(16-20)23(26)25-22-14-13-18(15-21(22)24(27)29-2)12-11-17-7-4-3-5-8-17/h3-16H,1-2H3,(H,25,26). The summed E-state index contributed by atoms with van der Waals surface area (Å²) in [5.41, 5.74) is 2.94. The number of esters is 1. The minimum Gasteiger partial charge on any atom is -0.497 e. The van der Waals surface area contributed by atoms with Gasteiger partial charge in [0.25, 0.3) is 5.91 Å². The van der Waals surface area contributed by atoms with E-state index < -0.39 is 5.97 Å². The van der Waals surface area contributed by atoms with Crippen LogP contribution in [0.4, 0.5) is 5.69 Å². The molecule has 0 spiro atoms. The number of benzene rings is 3. The SMILES string of the molecule is COC(=O)c1cc(C=Cc2ccccc2)ccc1NC(=O)c1cccc(OC)c1. The second-order valence-electron chi connectivity index (χ2n) is 6.23. The zero-order chi connectivity index (χ0) is 20.6. The fourth-order valence-corrected chi connectivity index (χ4v) is 2.77. The molecular formula is C24H21NO4. The number of hydrogen-bond donors (Lipinski definition) is 1. The normalized spacial score (nSPS) is 10.6. The van der Waals surface area contributed by atoms with Gasteiger partial charge in [0.1, 0.15) is 5.75 Å². The third-order valence-electron chi connectivity index (χ3n) is 4.30. The summed E-state index contributed by atoms with van der Waals surface area (Å²) in [4.78, 5) is 24.9. The maximum atomic E-state index is 12.6. The lowest BCUT2D eigenvalue weighted by Gasteiger charge is -2.11. The molecule has 0 aromatic heterocycles. The van der Waals surface area contributed by atoms with Crippen LogP contribution in [0.15, 0.2) is 72.8 Å². The number of ether oxygens (including phenoxy) is 2. The van der Waals surface area contributed by atoms with Crippen LogP contribution in [-0.2, 0) is 4.74 Å². The maximum Gasteiger partial charge on any atom is 0.339 e. The van der Waals surface area contributed by atoms with Crippen molar-refractivity contribution in [3.05, 3.63) is 95.1 Å². The maximum absolute atomic E-state index is 12.6. The Balaban J connectivity index is 1.87. The van der Waals surface area contributed by atoms with Gasteiger partial charge >= 0.3 is 5.97 Å². The molecule has 0 aliphatic rings. The van der Waals surface area contributed by atoms with Gasteiger partial charge in [-0.1, -0.05) is 54.6 Å². The number of anilines is 1. The van der Waals surface area contributed by atoms with Gasteiger partial charge in [0, 0.05) is 5.56 Å². The zero-order valence-corrected chi connectivity index (χ0v) is 16.2. The van der Waals surface area contributed by atoms with E-state index in [2.05, 4.69) is 5.32 Å². The van der Waals surface area contributed by atoms with Gasteiger partial charge in [0.2, 0.25) is 0 Å². The second-order valence-corrected chi connectivity index (χ2v) is 6.23. The number of methoxy groups -OCH3 is 2. The number of carbonyl (C=O) groups excluding carboxylic acids is 2. The molecule has 0 bridgehead atoms. The van der Waals surface area contributed by atoms with Crippen LogP contribution >= 0.6 is 0 Å². The van der Waals surface area contributed by atoms with Crippen LogP contribution in [0.3, 0.4) is 0 Å². The molecule has 5 nitrogen and oxygen atoms in total. The smallest absolute Gasteiger partial charge is 0.339 e. The summed E-state index contributed by atoms with van der Waals surface area (Å²) >= 11 is 0. The fourth-order valence-electron chi connectivity index (χ4n) is 2.77. The summed E-state index contributed by atoms with van der Waals surface area (Å²) in [6.45, 7) is 0. The van der Waals surface area contributed by atoms with Crippen LogP contribution in [0.25, 0.3) is 12.2 Å². The van der Waals surface area contributed by atoms with E-state index in [0.29, 0.717) is 17.0 Å². The lowest BCUT2D eigenvalue weighted by atomic mass is 10.1. The highest BCUT2D eigenvalue weighted by Gasteiger charge is 2.16. The molecule has 1 N–H and O–H groups in total. The molecule has 0 saturated carbocycles. The molecule has 29 heavy (non-hydrogen) atoms. The summed E-state index contributed by atoms with van der Waals surface area (Å²) < 4.78 is 10.0. The molecule has 3 aromatic rings. The Morgan fingerprint density at radius 3 is 2.31 bits per heavy atom. The zero-order valence-electron chi connectivity index (χ0n) is 16.2. The van der Waals surface area contributed by atoms with E-state index in [-0.39, 0.29) is 11.5 Å². The summed E-state index contributed by atoms with van der Waals surface area (Å²) in [5.74, 6) is -0.297. The molecule has 0 radical (unpaired) electrons. The Morgan fingerprint density at radius 2 is 1.59 bits per heavy atom. The molecule has 3 aromatic carbocycles. The van der Waals surface area contributed by atoms with Crippen molar-refractivity contribution in [2.24, 2.45) is 0 Å². The summed E-state index contributed by atoms with van der Waals surface area (Å²) in [6, 6.07) is 21.8. The van der Waals surface area contributed by atoms with Gasteiger partial charge in [0.05, 0.1) is 25.5 Å². The van der Waals surface area contributed by atoms with Gasteiger partial charge in [-0.2, -0.15) is 0 Å². The van der Waals surface area contributed by atoms with Gasteiger partial charge in [-0.15, -0.1) is 0 Å². The van der Waals surface area contributed by atoms with E-state index in [4.69, 9.17) is 9.47 Å². The molecule has 0 aliphatic heterocycles. The molecule has 0 heterocycles. The molecule has 0 saturated heterocycles. The van der Waals surface area contributed by atoms with E-state index in [1.165, 1.54) is 14.2 Å². The molecule has 0 fully saturated rings. The monoisotopic (exact) mass is 387 g/mol. The quantitative estimate of drug-likeness (QED) is 0.482. The van der Waals surface area contributed by atoms with Gasteiger partial charge in [-0.25, -0.2) is 4.79 Å². The highest BCUT2D eigenvalue weighted by Crippen LogP contribution is 2.22. The highest BCUT2D eigenvalue weighted by molar-refractivity contribution is 6.08. The molecular weight excluding hydrogens is 366 g/mol. The average Bonchev–Trinajstić information content (AvgIpc) is 2.78. The molecule has 0 aliphatic carbocycles. The van der Waals surface area contributed by atoms with E-state index in [1.54, 1.807) is 36.4 Å². The molecule has 146 valence electrons. The number of hydrogen-bond acceptors (Lipinski definition) is 4. The Hall–Kier alpha value is -3.86. The van der Waals surface area contributed by atoms with Crippen molar-refractivity contribution in [1.29, 1.82) is 0 Å². The predicted octanol–water partition coefficient (Wildman–Crippen LogP) is 4.90. The van der Waals surface area contributed by atoms with Gasteiger partial charge < -0.3 is 14.8 Å². The largest absolute Gasteiger partial charge is 0.497 e. The lowest BCUT2D eigenvalue weighted by Crippen LogP contribution is -2.15. The first-order chi connectivity index (χ1) is 14.1. The van der Waals surface area contributed by atoms with E-state index in [1.807, 2.05) is 48.6 Å². The summed E-state index contributed by atoms with van der Waals surface area (Å²) in [7, 11) is 2.84. The van der Waals surface area contributed by atoms with Crippen LogP contribution < -0.4 is 10.1 Å². The van der Waals surface area contributed by atoms with Crippen molar-refractivity contribution in [3.63, 3.8) is 0 Å². The van der Waals surface area contributed by atoms with Crippen molar-refractivity contribution in [1.82, 2.24) is 0 Å². The highest BCUT2D eigenvalue weighted by atomic mass is 16.5. The topological polar surface area (TPSA) is 64.6 Å². The number of nitrogens with one attached hydrogen (secondary N) is 1. The van der Waals surface area contributed by atoms with Crippen molar-refractivity contribution in [3.8, 4) is 5.75 Å². The van der Waals surface area contributed by atoms with Gasteiger partial charge in [0.15, 0.2) is 0 Å². The minimum atomic E-state index is -0.527. The Kier molecular flexibility index (Phi) is 6.43.